The third-order valence-corrected chi connectivity index (χ3v) is 4.15. The molecule has 0 aliphatic rings. The Morgan fingerprint density at radius 3 is 2.57 bits per heavy atom. The fraction of sp³-hybridized carbons (Fsp3) is 0.294. The Kier molecular flexibility index (Phi) is 5.65. The molecule has 0 saturated carbocycles. The van der Waals surface area contributed by atoms with E-state index in [-0.39, 0.29) is 11.9 Å². The average molecular weight is 305 g/mol. The number of nitrogens with one attached hydrogen (secondary N) is 1. The van der Waals surface area contributed by atoms with Crippen LogP contribution in [0.5, 0.6) is 0 Å². The lowest BCUT2D eigenvalue weighted by molar-refractivity contribution is 0.544. The molecule has 2 rings (SSSR count). The van der Waals surface area contributed by atoms with Crippen LogP contribution >= 0.6 is 0 Å². The normalized spacial score (nSPS) is 13.9. The average Bonchev–Trinajstić information content (AvgIpc) is 2.47. The van der Waals surface area contributed by atoms with Crippen molar-refractivity contribution in [3.05, 3.63) is 71.0 Å². The molecular weight excluding hydrogens is 285 g/mol. The van der Waals surface area contributed by atoms with E-state index in [0.717, 1.165) is 11.1 Å². The summed E-state index contributed by atoms with van der Waals surface area (Å²) in [6.45, 7) is 2.36. The molecule has 0 radical (unpaired) electrons. The molecule has 0 unspecified atom stereocenters. The van der Waals surface area contributed by atoms with Gasteiger partial charge in [-0.15, -0.1) is 0 Å². The van der Waals surface area contributed by atoms with Crippen molar-refractivity contribution in [2.45, 2.75) is 19.5 Å². The van der Waals surface area contributed by atoms with Gasteiger partial charge in [-0.2, -0.15) is 0 Å². The van der Waals surface area contributed by atoms with E-state index in [0.29, 0.717) is 17.9 Å². The highest BCUT2D eigenvalue weighted by Gasteiger charge is 2.13. The van der Waals surface area contributed by atoms with E-state index >= 15 is 0 Å². The summed E-state index contributed by atoms with van der Waals surface area (Å²) in [5.74, 6) is 0.301. The highest BCUT2D eigenvalue weighted by Crippen LogP contribution is 2.16. The number of aryl methyl sites for hydroxylation is 1. The summed E-state index contributed by atoms with van der Waals surface area (Å²) >= 11 is 0. The summed E-state index contributed by atoms with van der Waals surface area (Å²) in [5.41, 5.74) is 2.74. The summed E-state index contributed by atoms with van der Waals surface area (Å²) in [5, 5.41) is 3.32. The van der Waals surface area contributed by atoms with E-state index in [2.05, 4.69) is 5.32 Å². The standard InChI is InChI=1S/C17H20FNOS/c1-13-8-9-16(18)15(10-13)11-19-17(12-21(2)20)14-6-4-3-5-7-14/h3-10,17,19H,11-12H2,1-2H3/t17-,21-/m1/s1. The van der Waals surface area contributed by atoms with E-state index in [4.69, 9.17) is 0 Å². The van der Waals surface area contributed by atoms with Crippen LogP contribution in [0.2, 0.25) is 0 Å². The largest absolute Gasteiger partial charge is 0.305 e. The lowest BCUT2D eigenvalue weighted by Crippen LogP contribution is -2.26. The van der Waals surface area contributed by atoms with Crippen LogP contribution in [0.1, 0.15) is 22.7 Å². The number of hydrogen-bond acceptors (Lipinski definition) is 2. The topological polar surface area (TPSA) is 29.1 Å². The Morgan fingerprint density at radius 1 is 1.19 bits per heavy atom. The Morgan fingerprint density at radius 2 is 1.90 bits per heavy atom. The quantitative estimate of drug-likeness (QED) is 0.887. The molecule has 4 heteroatoms. The first-order valence-electron chi connectivity index (χ1n) is 6.89. The van der Waals surface area contributed by atoms with Gasteiger partial charge in [0.05, 0.1) is 0 Å². The number of halogens is 1. The van der Waals surface area contributed by atoms with Crippen molar-refractivity contribution in [1.82, 2.24) is 5.32 Å². The fourth-order valence-corrected chi connectivity index (χ4v) is 3.04. The Balaban J connectivity index is 2.12. The molecule has 0 aromatic heterocycles. The lowest BCUT2D eigenvalue weighted by Gasteiger charge is -2.18. The molecule has 1 N–H and O–H groups in total. The minimum Gasteiger partial charge on any atom is -0.305 e. The van der Waals surface area contributed by atoms with Crippen LogP contribution in [-0.2, 0) is 17.3 Å². The van der Waals surface area contributed by atoms with Crippen LogP contribution in [0.3, 0.4) is 0 Å². The first-order valence-corrected chi connectivity index (χ1v) is 8.62. The molecule has 0 bridgehead atoms. The van der Waals surface area contributed by atoms with E-state index in [1.165, 1.54) is 6.07 Å². The smallest absolute Gasteiger partial charge is 0.127 e. The predicted octanol–water partition coefficient (Wildman–Crippen LogP) is 3.34. The second kappa shape index (κ2) is 7.48. The monoisotopic (exact) mass is 305 g/mol. The molecule has 0 heterocycles. The van der Waals surface area contributed by atoms with Gasteiger partial charge in [0.2, 0.25) is 0 Å². The summed E-state index contributed by atoms with van der Waals surface area (Å²) in [6, 6.07) is 14.9. The van der Waals surface area contributed by atoms with Gasteiger partial charge in [-0.25, -0.2) is 4.39 Å². The van der Waals surface area contributed by atoms with Crippen molar-refractivity contribution in [3.8, 4) is 0 Å². The molecule has 0 amide bonds. The molecule has 2 aromatic carbocycles. The molecule has 2 aromatic rings. The molecule has 0 saturated heterocycles. The van der Waals surface area contributed by atoms with Crippen molar-refractivity contribution >= 4 is 10.8 Å². The van der Waals surface area contributed by atoms with Gasteiger partial charge >= 0.3 is 0 Å². The van der Waals surface area contributed by atoms with Crippen molar-refractivity contribution in [2.24, 2.45) is 0 Å². The first kappa shape index (κ1) is 15.9. The summed E-state index contributed by atoms with van der Waals surface area (Å²) in [6.07, 6.45) is 1.69. The van der Waals surface area contributed by atoms with Gasteiger partial charge < -0.3 is 5.32 Å². The zero-order valence-corrected chi connectivity index (χ0v) is 13.1. The summed E-state index contributed by atoms with van der Waals surface area (Å²) in [7, 11) is -0.920. The van der Waals surface area contributed by atoms with Gasteiger partial charge in [-0.3, -0.25) is 4.21 Å². The van der Waals surface area contributed by atoms with E-state index in [9.17, 15) is 8.60 Å². The third-order valence-electron chi connectivity index (χ3n) is 3.34. The van der Waals surface area contributed by atoms with Crippen molar-refractivity contribution in [3.63, 3.8) is 0 Å². The predicted molar refractivity (Wildman–Crippen MR) is 86.1 cm³/mol. The van der Waals surface area contributed by atoms with Crippen LogP contribution in [0.4, 0.5) is 4.39 Å². The second-order valence-electron chi connectivity index (χ2n) is 5.18. The Bertz CT molecular complexity index is 615. The van der Waals surface area contributed by atoms with Crippen LogP contribution in [0.25, 0.3) is 0 Å². The minimum atomic E-state index is -0.920. The van der Waals surface area contributed by atoms with Gasteiger partial charge in [0, 0.05) is 41.0 Å². The van der Waals surface area contributed by atoms with E-state index < -0.39 is 10.8 Å². The zero-order valence-electron chi connectivity index (χ0n) is 12.3. The molecule has 0 spiro atoms. The third kappa shape index (κ3) is 4.76. The molecule has 0 aliphatic heterocycles. The molecule has 21 heavy (non-hydrogen) atoms. The van der Waals surface area contributed by atoms with Crippen LogP contribution in [0.15, 0.2) is 48.5 Å². The van der Waals surface area contributed by atoms with Crippen molar-refractivity contribution in [1.29, 1.82) is 0 Å². The molecule has 0 aliphatic carbocycles. The first-order chi connectivity index (χ1) is 10.1. The van der Waals surface area contributed by atoms with E-state index in [1.807, 2.05) is 43.3 Å². The maximum absolute atomic E-state index is 13.8. The van der Waals surface area contributed by atoms with Gasteiger partial charge in [0.1, 0.15) is 5.82 Å². The molecule has 2 atom stereocenters. The van der Waals surface area contributed by atoms with Gasteiger partial charge in [0.15, 0.2) is 0 Å². The SMILES string of the molecule is Cc1ccc(F)c(CN[C@H](C[S@@](C)=O)c2ccccc2)c1. The van der Waals surface area contributed by atoms with Crippen molar-refractivity contribution in [2.75, 3.05) is 12.0 Å². The van der Waals surface area contributed by atoms with E-state index in [1.54, 1.807) is 12.3 Å². The molecule has 0 fully saturated rings. The highest BCUT2D eigenvalue weighted by molar-refractivity contribution is 7.84. The summed E-state index contributed by atoms with van der Waals surface area (Å²) in [4.78, 5) is 0. The van der Waals surface area contributed by atoms with Gasteiger partial charge in [-0.1, -0.05) is 48.0 Å². The van der Waals surface area contributed by atoms with Crippen LogP contribution in [-0.4, -0.2) is 16.2 Å². The number of rotatable bonds is 6. The zero-order chi connectivity index (χ0) is 15.2. The second-order valence-corrected chi connectivity index (χ2v) is 6.66. The van der Waals surface area contributed by atoms with Gasteiger partial charge in [0.25, 0.3) is 0 Å². The Hall–Kier alpha value is -1.52. The molecular formula is C17H20FNOS. The molecule has 2 nitrogen and oxygen atoms in total. The van der Waals surface area contributed by atoms with Crippen molar-refractivity contribution < 1.29 is 8.60 Å². The minimum absolute atomic E-state index is 0.0445. The summed E-state index contributed by atoms with van der Waals surface area (Å²) < 4.78 is 25.3. The maximum atomic E-state index is 13.8. The number of benzene rings is 2. The van der Waals surface area contributed by atoms with Gasteiger partial charge in [-0.05, 0) is 18.6 Å². The van der Waals surface area contributed by atoms with Crippen LogP contribution in [0, 0.1) is 12.7 Å². The Labute approximate surface area is 127 Å². The highest BCUT2D eigenvalue weighted by atomic mass is 32.2. The fourth-order valence-electron chi connectivity index (χ4n) is 2.27. The van der Waals surface area contributed by atoms with Crippen LogP contribution < -0.4 is 5.32 Å². The lowest BCUT2D eigenvalue weighted by atomic mass is 10.1. The maximum Gasteiger partial charge on any atom is 0.127 e. The number of hydrogen-bond donors (Lipinski definition) is 1. The molecule has 112 valence electrons.